The van der Waals surface area contributed by atoms with Crippen molar-refractivity contribution in [2.75, 3.05) is 0 Å². The first-order valence-electron chi connectivity index (χ1n) is 17.1. The molecule has 2 aromatic carbocycles. The smallest absolute Gasteiger partial charge is 0.410 e. The second kappa shape index (κ2) is 18.1. The van der Waals surface area contributed by atoms with E-state index in [1.165, 1.54) is 0 Å². The van der Waals surface area contributed by atoms with Gasteiger partial charge in [-0.1, -0.05) is 76.0 Å². The summed E-state index contributed by atoms with van der Waals surface area (Å²) in [5, 5.41) is 21.2. The van der Waals surface area contributed by atoms with Gasteiger partial charge in [-0.3, -0.25) is 14.5 Å². The van der Waals surface area contributed by atoms with Crippen molar-refractivity contribution in [3.05, 3.63) is 103 Å². The molecule has 1 saturated heterocycles. The number of hydrogen-bond acceptors (Lipinski definition) is 10. The van der Waals surface area contributed by atoms with Crippen molar-refractivity contribution >= 4 is 18.0 Å². The zero-order valence-electron chi connectivity index (χ0n) is 28.5. The maximum Gasteiger partial charge on any atom is 0.410 e. The highest BCUT2D eigenvalue weighted by Gasteiger charge is 2.51. The summed E-state index contributed by atoms with van der Waals surface area (Å²) in [6.45, 7) is 1.42. The standard InChI is InChI=1S/C34H40N10O8/c1-20(45)50-31-24(16-29(46)47)26(39-42-36)17-27(40-43-37)32(31)52-33-25(38-41-35)14-15-28(51-33)30(23-12-13-23)44(18-21-8-4-2-5-9-21)34(48)49-19-22-10-6-3-7-11-22/h2-11,23-28,30-33H,12-19H2,1H3,(H,46,47)/t24-,25+,26+,27-,28-,30+,31-,32+,33+/m0/s1. The second-order valence-electron chi connectivity index (χ2n) is 13.1. The Labute approximate surface area is 298 Å². The zero-order valence-corrected chi connectivity index (χ0v) is 28.5. The topological polar surface area (TPSA) is 258 Å². The van der Waals surface area contributed by atoms with Crippen molar-refractivity contribution in [3.63, 3.8) is 0 Å². The van der Waals surface area contributed by atoms with Crippen LogP contribution in [0.4, 0.5) is 4.79 Å². The van der Waals surface area contributed by atoms with Crippen LogP contribution in [-0.2, 0) is 41.7 Å². The number of amides is 1. The molecule has 2 saturated carbocycles. The molecule has 1 aliphatic heterocycles. The Bertz CT molecular complexity index is 1700. The number of carbonyl (C=O) groups excluding carboxylic acids is 2. The zero-order chi connectivity index (χ0) is 37.0. The van der Waals surface area contributed by atoms with Crippen LogP contribution in [0.2, 0.25) is 0 Å². The van der Waals surface area contributed by atoms with Gasteiger partial charge in [-0.2, -0.15) is 0 Å². The van der Waals surface area contributed by atoms with E-state index >= 15 is 0 Å². The van der Waals surface area contributed by atoms with Crippen molar-refractivity contribution in [2.45, 2.75) is 107 Å². The van der Waals surface area contributed by atoms with Crippen LogP contribution in [0.15, 0.2) is 76.0 Å². The fourth-order valence-corrected chi connectivity index (χ4v) is 7.16. The monoisotopic (exact) mass is 716 g/mol. The van der Waals surface area contributed by atoms with Gasteiger partial charge in [0, 0.05) is 40.2 Å². The average Bonchev–Trinajstić information content (AvgIpc) is 3.97. The van der Waals surface area contributed by atoms with E-state index in [-0.39, 0.29) is 31.9 Å². The number of esters is 1. The fraction of sp³-hybridized carbons (Fsp3) is 0.559. The summed E-state index contributed by atoms with van der Waals surface area (Å²) in [7, 11) is 0. The fourth-order valence-electron chi connectivity index (χ4n) is 7.16. The predicted octanol–water partition coefficient (Wildman–Crippen LogP) is 6.96. The van der Waals surface area contributed by atoms with Gasteiger partial charge in [0.25, 0.3) is 0 Å². The van der Waals surface area contributed by atoms with E-state index in [9.17, 15) is 36.1 Å². The van der Waals surface area contributed by atoms with Crippen molar-refractivity contribution in [2.24, 2.45) is 27.2 Å². The van der Waals surface area contributed by atoms with Crippen LogP contribution in [0.3, 0.4) is 0 Å². The molecule has 18 nitrogen and oxygen atoms in total. The Morgan fingerprint density at radius 3 is 2.08 bits per heavy atom. The molecule has 0 unspecified atom stereocenters. The minimum atomic E-state index is -1.34. The lowest BCUT2D eigenvalue weighted by atomic mass is 9.76. The third-order valence-corrected chi connectivity index (χ3v) is 9.56. The molecule has 3 aliphatic rings. The van der Waals surface area contributed by atoms with Crippen LogP contribution in [0.1, 0.15) is 56.6 Å². The lowest BCUT2D eigenvalue weighted by Gasteiger charge is -2.47. The van der Waals surface area contributed by atoms with E-state index in [1.54, 1.807) is 4.90 Å². The molecule has 0 bridgehead atoms. The predicted molar refractivity (Wildman–Crippen MR) is 183 cm³/mol. The third kappa shape index (κ3) is 9.84. The Morgan fingerprint density at radius 1 is 0.865 bits per heavy atom. The van der Waals surface area contributed by atoms with Gasteiger partial charge in [0.2, 0.25) is 0 Å². The Kier molecular flexibility index (Phi) is 13.2. The molecule has 0 aromatic heterocycles. The number of azide groups is 3. The van der Waals surface area contributed by atoms with Gasteiger partial charge in [-0.25, -0.2) is 4.79 Å². The van der Waals surface area contributed by atoms with E-state index in [0.717, 1.165) is 30.9 Å². The SMILES string of the molecule is CC(=O)O[C@H]1[C@@H](CC(=O)O)[C@H](N=[N+]=[N-])C[C@H](N=[N+]=[N-])[C@H]1O[C@H]1O[C@H]([C@@H](C2CC2)N(Cc2ccccc2)C(=O)OCc2ccccc2)CC[C@H]1N=[N+]=[N-]. The van der Waals surface area contributed by atoms with Crippen LogP contribution in [0.5, 0.6) is 0 Å². The molecule has 9 atom stereocenters. The Hall–Kier alpha value is -5.50. The van der Waals surface area contributed by atoms with Crippen LogP contribution >= 0.6 is 0 Å². The van der Waals surface area contributed by atoms with E-state index < -0.39 is 79.1 Å². The summed E-state index contributed by atoms with van der Waals surface area (Å²) < 4.78 is 24.5. The highest BCUT2D eigenvalue weighted by atomic mass is 16.7. The van der Waals surface area contributed by atoms with Gasteiger partial charge < -0.3 is 24.1 Å². The molecule has 0 spiro atoms. The largest absolute Gasteiger partial charge is 0.481 e. The van der Waals surface area contributed by atoms with E-state index in [1.807, 2.05) is 60.7 Å². The number of carboxylic acid groups (broad SMARTS) is 1. The number of ether oxygens (including phenoxy) is 4. The quantitative estimate of drug-likeness (QED) is 0.0869. The molecule has 2 aromatic rings. The number of nitrogens with zero attached hydrogens (tertiary/aromatic N) is 10. The first kappa shape index (κ1) is 37.7. The molecule has 18 heteroatoms. The third-order valence-electron chi connectivity index (χ3n) is 9.56. The van der Waals surface area contributed by atoms with Crippen LogP contribution in [0, 0.1) is 11.8 Å². The highest BCUT2D eigenvalue weighted by molar-refractivity contribution is 5.69. The number of hydrogen-bond donors (Lipinski definition) is 1. The van der Waals surface area contributed by atoms with E-state index in [0.29, 0.717) is 6.42 Å². The molecule has 274 valence electrons. The van der Waals surface area contributed by atoms with Crippen LogP contribution in [0.25, 0.3) is 31.3 Å². The number of benzene rings is 2. The lowest BCUT2D eigenvalue weighted by Crippen LogP contribution is -2.58. The molecule has 52 heavy (non-hydrogen) atoms. The number of carboxylic acids is 1. The first-order chi connectivity index (χ1) is 25.2. The molecular weight excluding hydrogens is 676 g/mol. The molecular formula is C34H40N10O8. The van der Waals surface area contributed by atoms with Crippen molar-refractivity contribution < 1.29 is 38.4 Å². The number of rotatable bonds is 15. The normalized spacial score (nSPS) is 27.3. The van der Waals surface area contributed by atoms with Crippen molar-refractivity contribution in [1.29, 1.82) is 0 Å². The first-order valence-corrected chi connectivity index (χ1v) is 17.1. The van der Waals surface area contributed by atoms with Gasteiger partial charge in [-0.15, -0.1) is 0 Å². The lowest BCUT2D eigenvalue weighted by molar-refractivity contribution is -0.260. The summed E-state index contributed by atoms with van der Waals surface area (Å²) >= 11 is 0. The van der Waals surface area contributed by atoms with E-state index in [4.69, 9.17) is 18.9 Å². The van der Waals surface area contributed by atoms with Gasteiger partial charge in [-0.05, 0) is 65.7 Å². The molecule has 1 heterocycles. The van der Waals surface area contributed by atoms with Crippen molar-refractivity contribution in [3.8, 4) is 0 Å². The average molecular weight is 717 g/mol. The van der Waals surface area contributed by atoms with Gasteiger partial charge in [0.1, 0.15) is 18.8 Å². The van der Waals surface area contributed by atoms with Gasteiger partial charge >= 0.3 is 18.0 Å². The minimum Gasteiger partial charge on any atom is -0.481 e. The minimum absolute atomic E-state index is 0.0624. The molecule has 3 fully saturated rings. The van der Waals surface area contributed by atoms with Gasteiger partial charge in [0.05, 0.1) is 30.7 Å². The molecule has 0 radical (unpaired) electrons. The second-order valence-corrected chi connectivity index (χ2v) is 13.1. The maximum atomic E-state index is 13.9. The van der Waals surface area contributed by atoms with Crippen LogP contribution < -0.4 is 0 Å². The molecule has 5 rings (SSSR count). The van der Waals surface area contributed by atoms with Crippen LogP contribution in [-0.4, -0.2) is 76.8 Å². The Balaban J connectivity index is 1.47. The maximum absolute atomic E-state index is 13.9. The summed E-state index contributed by atoms with van der Waals surface area (Å²) in [5.74, 6) is -3.00. The highest BCUT2D eigenvalue weighted by Crippen LogP contribution is 2.43. The molecule has 1 N–H and O–H groups in total. The van der Waals surface area contributed by atoms with Crippen molar-refractivity contribution in [1.82, 2.24) is 4.90 Å². The number of carbonyl (C=O) groups is 3. The summed E-state index contributed by atoms with van der Waals surface area (Å²) in [6, 6.07) is 15.3. The molecule has 1 amide bonds. The summed E-state index contributed by atoms with van der Waals surface area (Å²) in [5.41, 5.74) is 29.9. The Morgan fingerprint density at radius 2 is 1.48 bits per heavy atom. The summed E-state index contributed by atoms with van der Waals surface area (Å²) in [4.78, 5) is 48.6. The van der Waals surface area contributed by atoms with E-state index in [2.05, 4.69) is 30.1 Å². The summed E-state index contributed by atoms with van der Waals surface area (Å²) in [6.07, 6.45) is -3.38. The molecule has 2 aliphatic carbocycles. The number of aliphatic carboxylic acids is 1. The van der Waals surface area contributed by atoms with Gasteiger partial charge in [0.15, 0.2) is 6.29 Å².